The Labute approximate surface area is 126 Å². The van der Waals surface area contributed by atoms with E-state index in [4.69, 9.17) is 4.74 Å². The van der Waals surface area contributed by atoms with Gasteiger partial charge in [0.25, 0.3) is 0 Å². The van der Waals surface area contributed by atoms with Gasteiger partial charge in [0.2, 0.25) is 0 Å². The van der Waals surface area contributed by atoms with Gasteiger partial charge in [-0.25, -0.2) is 0 Å². The molecule has 0 amide bonds. The van der Waals surface area contributed by atoms with E-state index in [1.165, 1.54) is 11.1 Å². The average molecular weight is 285 g/mol. The molecule has 2 rings (SSSR count). The van der Waals surface area contributed by atoms with Gasteiger partial charge in [-0.1, -0.05) is 48.0 Å². The maximum Gasteiger partial charge on any atom is 0.119 e. The standard InChI is InChI=1S/C18H23NO2/c1-15-8-10-18(11-9-15)21-14-17(20)13-19(2)12-16-6-4-3-5-7-16/h3-11,17,20H,12-14H2,1-2H3. The molecule has 0 fully saturated rings. The number of ether oxygens (including phenoxy) is 1. The fraction of sp³-hybridized carbons (Fsp3) is 0.333. The van der Waals surface area contributed by atoms with Gasteiger partial charge in [0.1, 0.15) is 18.5 Å². The van der Waals surface area contributed by atoms with Crippen LogP contribution in [0.1, 0.15) is 11.1 Å². The highest BCUT2D eigenvalue weighted by Crippen LogP contribution is 2.12. The summed E-state index contributed by atoms with van der Waals surface area (Å²) in [4.78, 5) is 2.10. The van der Waals surface area contributed by atoms with E-state index in [9.17, 15) is 5.11 Å². The first kappa shape index (κ1) is 15.5. The van der Waals surface area contributed by atoms with Crippen LogP contribution in [0.25, 0.3) is 0 Å². The summed E-state index contributed by atoms with van der Waals surface area (Å²) in [7, 11) is 2.00. The minimum absolute atomic E-state index is 0.308. The van der Waals surface area contributed by atoms with E-state index in [-0.39, 0.29) is 0 Å². The Morgan fingerprint density at radius 2 is 1.71 bits per heavy atom. The molecule has 3 heteroatoms. The highest BCUT2D eigenvalue weighted by atomic mass is 16.5. The van der Waals surface area contributed by atoms with E-state index in [0.717, 1.165) is 12.3 Å². The molecule has 1 N–H and O–H groups in total. The predicted octanol–water partition coefficient (Wildman–Crippen LogP) is 2.87. The first-order valence-corrected chi connectivity index (χ1v) is 7.23. The zero-order valence-corrected chi connectivity index (χ0v) is 12.7. The normalized spacial score (nSPS) is 12.4. The van der Waals surface area contributed by atoms with Crippen molar-refractivity contribution < 1.29 is 9.84 Å². The lowest BCUT2D eigenvalue weighted by Gasteiger charge is -2.21. The molecule has 1 unspecified atom stereocenters. The molecule has 0 spiro atoms. The Balaban J connectivity index is 1.73. The molecule has 0 aliphatic heterocycles. The maximum atomic E-state index is 10.0. The topological polar surface area (TPSA) is 32.7 Å². The fourth-order valence-corrected chi connectivity index (χ4v) is 2.20. The van der Waals surface area contributed by atoms with E-state index in [2.05, 4.69) is 17.0 Å². The molecule has 112 valence electrons. The van der Waals surface area contributed by atoms with Gasteiger partial charge >= 0.3 is 0 Å². The molecule has 21 heavy (non-hydrogen) atoms. The van der Waals surface area contributed by atoms with Crippen LogP contribution in [0.15, 0.2) is 54.6 Å². The molecular formula is C18H23NO2. The van der Waals surface area contributed by atoms with Crippen LogP contribution in [0.5, 0.6) is 5.75 Å². The van der Waals surface area contributed by atoms with Crippen molar-refractivity contribution in [3.63, 3.8) is 0 Å². The maximum absolute atomic E-state index is 10.0. The molecule has 0 saturated heterocycles. The summed E-state index contributed by atoms with van der Waals surface area (Å²) in [5.41, 5.74) is 2.44. The monoisotopic (exact) mass is 285 g/mol. The smallest absolute Gasteiger partial charge is 0.119 e. The van der Waals surface area contributed by atoms with Crippen molar-refractivity contribution in [1.82, 2.24) is 4.90 Å². The van der Waals surface area contributed by atoms with Gasteiger partial charge in [0.15, 0.2) is 0 Å². The van der Waals surface area contributed by atoms with Crippen LogP contribution in [0.4, 0.5) is 0 Å². The van der Waals surface area contributed by atoms with Crippen molar-refractivity contribution in [1.29, 1.82) is 0 Å². The third kappa shape index (κ3) is 5.58. The third-order valence-electron chi connectivity index (χ3n) is 3.28. The van der Waals surface area contributed by atoms with Gasteiger partial charge in [-0.15, -0.1) is 0 Å². The summed E-state index contributed by atoms with van der Waals surface area (Å²) in [5.74, 6) is 0.797. The predicted molar refractivity (Wildman–Crippen MR) is 85.5 cm³/mol. The van der Waals surface area contributed by atoms with Gasteiger partial charge in [0, 0.05) is 13.1 Å². The molecule has 3 nitrogen and oxygen atoms in total. The highest BCUT2D eigenvalue weighted by molar-refractivity contribution is 5.26. The van der Waals surface area contributed by atoms with Crippen molar-refractivity contribution in [3.8, 4) is 5.75 Å². The third-order valence-corrected chi connectivity index (χ3v) is 3.28. The molecular weight excluding hydrogens is 262 g/mol. The Morgan fingerprint density at radius 3 is 2.38 bits per heavy atom. The summed E-state index contributed by atoms with van der Waals surface area (Å²) < 4.78 is 5.60. The van der Waals surface area contributed by atoms with Gasteiger partial charge in [-0.2, -0.15) is 0 Å². The lowest BCUT2D eigenvalue weighted by atomic mass is 10.2. The quantitative estimate of drug-likeness (QED) is 0.849. The van der Waals surface area contributed by atoms with Crippen molar-refractivity contribution in [3.05, 3.63) is 65.7 Å². The number of benzene rings is 2. The number of likely N-dealkylation sites (N-methyl/N-ethyl adjacent to an activating group) is 1. The van der Waals surface area contributed by atoms with Gasteiger partial charge in [-0.3, -0.25) is 4.90 Å². The number of hydrogen-bond donors (Lipinski definition) is 1. The van der Waals surface area contributed by atoms with E-state index >= 15 is 0 Å². The lowest BCUT2D eigenvalue weighted by molar-refractivity contribution is 0.0744. The van der Waals surface area contributed by atoms with E-state index in [0.29, 0.717) is 13.2 Å². The van der Waals surface area contributed by atoms with Crippen molar-refractivity contribution >= 4 is 0 Å². The fourth-order valence-electron chi connectivity index (χ4n) is 2.20. The Morgan fingerprint density at radius 1 is 1.05 bits per heavy atom. The molecule has 0 aromatic heterocycles. The van der Waals surface area contributed by atoms with Crippen molar-refractivity contribution in [2.24, 2.45) is 0 Å². The number of aliphatic hydroxyl groups is 1. The summed E-state index contributed by atoms with van der Waals surface area (Å²) in [6.07, 6.45) is -0.500. The first-order valence-electron chi connectivity index (χ1n) is 7.23. The number of aliphatic hydroxyl groups excluding tert-OH is 1. The zero-order valence-electron chi connectivity index (χ0n) is 12.7. The SMILES string of the molecule is Cc1ccc(OCC(O)CN(C)Cc2ccccc2)cc1. The van der Waals surface area contributed by atoms with E-state index in [1.54, 1.807) is 0 Å². The number of rotatable bonds is 7. The number of hydrogen-bond acceptors (Lipinski definition) is 3. The highest BCUT2D eigenvalue weighted by Gasteiger charge is 2.09. The number of nitrogens with zero attached hydrogens (tertiary/aromatic N) is 1. The summed E-state index contributed by atoms with van der Waals surface area (Å²) in [5, 5.41) is 10.0. The van der Waals surface area contributed by atoms with Crippen molar-refractivity contribution in [2.45, 2.75) is 19.6 Å². The second-order valence-corrected chi connectivity index (χ2v) is 5.46. The molecule has 0 radical (unpaired) electrons. The second kappa shape index (κ2) is 7.81. The van der Waals surface area contributed by atoms with Gasteiger partial charge in [-0.05, 0) is 31.7 Å². The van der Waals surface area contributed by atoms with Crippen LogP contribution in [-0.2, 0) is 6.54 Å². The zero-order chi connectivity index (χ0) is 15.1. The van der Waals surface area contributed by atoms with Gasteiger partial charge < -0.3 is 9.84 Å². The van der Waals surface area contributed by atoms with Crippen LogP contribution < -0.4 is 4.74 Å². The van der Waals surface area contributed by atoms with Crippen LogP contribution in [0.2, 0.25) is 0 Å². The molecule has 0 saturated carbocycles. The van der Waals surface area contributed by atoms with E-state index in [1.807, 2.05) is 56.4 Å². The molecule has 1 atom stereocenters. The summed E-state index contributed by atoms with van der Waals surface area (Å²) >= 11 is 0. The Hall–Kier alpha value is -1.84. The number of aryl methyl sites for hydroxylation is 1. The second-order valence-electron chi connectivity index (χ2n) is 5.46. The molecule has 0 bridgehead atoms. The first-order chi connectivity index (χ1) is 10.1. The minimum Gasteiger partial charge on any atom is -0.491 e. The molecule has 2 aromatic carbocycles. The molecule has 2 aromatic rings. The Kier molecular flexibility index (Phi) is 5.78. The van der Waals surface area contributed by atoms with Gasteiger partial charge in [0.05, 0.1) is 0 Å². The van der Waals surface area contributed by atoms with Crippen molar-refractivity contribution in [2.75, 3.05) is 20.2 Å². The Bertz CT molecular complexity index is 525. The summed E-state index contributed by atoms with van der Waals surface area (Å²) in [6.45, 7) is 3.75. The van der Waals surface area contributed by atoms with Crippen LogP contribution >= 0.6 is 0 Å². The van der Waals surface area contributed by atoms with Crippen LogP contribution in [-0.4, -0.2) is 36.3 Å². The lowest BCUT2D eigenvalue weighted by Crippen LogP contribution is -2.32. The molecule has 0 aliphatic rings. The minimum atomic E-state index is -0.500. The van der Waals surface area contributed by atoms with E-state index < -0.39 is 6.10 Å². The average Bonchev–Trinajstić information content (AvgIpc) is 2.47. The molecule has 0 aliphatic carbocycles. The van der Waals surface area contributed by atoms with Crippen LogP contribution in [0.3, 0.4) is 0 Å². The molecule has 0 heterocycles. The summed E-state index contributed by atoms with van der Waals surface area (Å²) in [6, 6.07) is 18.1. The van der Waals surface area contributed by atoms with Crippen LogP contribution in [0, 0.1) is 6.92 Å². The largest absolute Gasteiger partial charge is 0.491 e.